The minimum absolute atomic E-state index is 0.128. The van der Waals surface area contributed by atoms with Gasteiger partial charge in [-0.25, -0.2) is 0 Å². The van der Waals surface area contributed by atoms with E-state index in [4.69, 9.17) is 4.42 Å². The van der Waals surface area contributed by atoms with Gasteiger partial charge in [-0.15, -0.1) is 10.2 Å². The van der Waals surface area contributed by atoms with Gasteiger partial charge in [0.1, 0.15) is 0 Å². The van der Waals surface area contributed by atoms with Crippen molar-refractivity contribution in [3.05, 3.63) is 84.4 Å². The molecule has 0 saturated carbocycles. The number of para-hydroxylation sites is 1. The van der Waals surface area contributed by atoms with Crippen LogP contribution in [0.4, 0.5) is 5.69 Å². The van der Waals surface area contributed by atoms with Crippen molar-refractivity contribution in [3.63, 3.8) is 0 Å². The molecule has 0 unspecified atom stereocenters. The number of thioether (sulfide) groups is 1. The van der Waals surface area contributed by atoms with Gasteiger partial charge in [0.05, 0.1) is 11.4 Å². The van der Waals surface area contributed by atoms with E-state index in [2.05, 4.69) is 15.5 Å². The van der Waals surface area contributed by atoms with E-state index >= 15 is 0 Å². The second-order valence-corrected chi connectivity index (χ2v) is 8.53. The fourth-order valence-corrected chi connectivity index (χ4v) is 4.24. The summed E-state index contributed by atoms with van der Waals surface area (Å²) in [7, 11) is 0. The number of hydrogen-bond donors (Lipinski definition) is 1. The molecule has 0 aliphatic heterocycles. The number of carbonyl (C=O) groups excluding carboxylic acids is 1. The maximum Gasteiger partial charge on any atom is 0.277 e. The monoisotopic (exact) mass is 433 g/mol. The van der Waals surface area contributed by atoms with Crippen molar-refractivity contribution in [2.24, 2.45) is 0 Å². The fraction of sp³-hybridized carbons (Fsp3) is 0.0870. The quantitative estimate of drug-likeness (QED) is 0.365. The molecule has 3 aromatic carbocycles. The average molecular weight is 434 g/mol. The van der Waals surface area contributed by atoms with E-state index < -0.39 is 0 Å². The highest BCUT2D eigenvalue weighted by molar-refractivity contribution is 8.00. The maximum absolute atomic E-state index is 12.5. The van der Waals surface area contributed by atoms with Crippen LogP contribution in [-0.4, -0.2) is 21.9 Å². The summed E-state index contributed by atoms with van der Waals surface area (Å²) in [6.45, 7) is 2.01. The van der Waals surface area contributed by atoms with Crippen molar-refractivity contribution in [1.29, 1.82) is 0 Å². The van der Waals surface area contributed by atoms with Crippen LogP contribution in [0, 0.1) is 6.92 Å². The van der Waals surface area contributed by atoms with Crippen LogP contribution in [0.15, 0.2) is 98.3 Å². The molecular formula is C23H19N3O2S2. The first-order valence-corrected chi connectivity index (χ1v) is 11.1. The lowest BCUT2D eigenvalue weighted by Gasteiger charge is -2.10. The summed E-state index contributed by atoms with van der Waals surface area (Å²) in [5.74, 6) is 0.502. The van der Waals surface area contributed by atoms with Gasteiger partial charge in [0.2, 0.25) is 11.8 Å². The Kier molecular flexibility index (Phi) is 6.51. The zero-order valence-electron chi connectivity index (χ0n) is 16.2. The summed E-state index contributed by atoms with van der Waals surface area (Å²) in [5, 5.41) is 11.5. The average Bonchev–Trinajstić information content (AvgIpc) is 3.24. The predicted molar refractivity (Wildman–Crippen MR) is 121 cm³/mol. The number of carbonyl (C=O) groups is 1. The molecule has 150 valence electrons. The molecule has 1 aromatic heterocycles. The molecule has 1 heterocycles. The number of aromatic nitrogens is 2. The van der Waals surface area contributed by atoms with Crippen molar-refractivity contribution in [2.45, 2.75) is 21.9 Å². The van der Waals surface area contributed by atoms with Gasteiger partial charge in [-0.1, -0.05) is 71.6 Å². The third kappa shape index (κ3) is 5.31. The molecule has 0 bridgehead atoms. The number of aryl methyl sites for hydroxylation is 1. The number of amides is 1. The molecule has 0 spiro atoms. The molecule has 5 nitrogen and oxygen atoms in total. The van der Waals surface area contributed by atoms with Gasteiger partial charge in [-0.2, -0.15) is 0 Å². The summed E-state index contributed by atoms with van der Waals surface area (Å²) in [6, 6.07) is 25.7. The molecule has 0 saturated heterocycles. The molecule has 1 N–H and O–H groups in total. The van der Waals surface area contributed by atoms with Crippen molar-refractivity contribution in [1.82, 2.24) is 10.2 Å². The van der Waals surface area contributed by atoms with Crippen LogP contribution in [-0.2, 0) is 4.79 Å². The molecule has 0 aliphatic rings. The van der Waals surface area contributed by atoms with E-state index in [1.165, 1.54) is 11.8 Å². The standard InChI is InChI=1S/C23H19N3O2S2/c1-16-8-7-9-17(14-16)22-25-26-23(28-22)29-15-21(27)24-19-12-5-6-13-20(19)30-18-10-3-2-4-11-18/h2-14H,15H2,1H3,(H,24,27). The van der Waals surface area contributed by atoms with E-state index in [1.807, 2.05) is 85.8 Å². The fourth-order valence-electron chi connectivity index (χ4n) is 2.75. The predicted octanol–water partition coefficient (Wildman–Crippen LogP) is 5.93. The highest BCUT2D eigenvalue weighted by atomic mass is 32.2. The number of anilines is 1. The van der Waals surface area contributed by atoms with Crippen LogP contribution in [0.5, 0.6) is 0 Å². The smallest absolute Gasteiger partial charge is 0.277 e. The molecule has 0 aliphatic carbocycles. The van der Waals surface area contributed by atoms with Crippen molar-refractivity contribution >= 4 is 35.1 Å². The van der Waals surface area contributed by atoms with Crippen LogP contribution >= 0.6 is 23.5 Å². The summed E-state index contributed by atoms with van der Waals surface area (Å²) in [5.41, 5.74) is 2.76. The Morgan fingerprint density at radius 3 is 2.60 bits per heavy atom. The Morgan fingerprint density at radius 2 is 1.77 bits per heavy atom. The first-order valence-electron chi connectivity index (χ1n) is 9.32. The first kappa shape index (κ1) is 20.3. The van der Waals surface area contributed by atoms with Crippen molar-refractivity contribution < 1.29 is 9.21 Å². The molecule has 7 heteroatoms. The van der Waals surface area contributed by atoms with Crippen LogP contribution in [0.3, 0.4) is 0 Å². The number of rotatable bonds is 7. The van der Waals surface area contributed by atoms with Crippen molar-refractivity contribution in [2.75, 3.05) is 11.1 Å². The Labute approximate surface area is 183 Å². The Bertz CT molecular complexity index is 1150. The normalized spacial score (nSPS) is 10.7. The van der Waals surface area contributed by atoms with Crippen LogP contribution in [0.1, 0.15) is 5.56 Å². The Balaban J connectivity index is 1.37. The van der Waals surface area contributed by atoms with Gasteiger partial charge in [0, 0.05) is 15.4 Å². The molecule has 0 fully saturated rings. The van der Waals surface area contributed by atoms with E-state index in [0.717, 1.165) is 26.6 Å². The summed E-state index contributed by atoms with van der Waals surface area (Å²) >= 11 is 2.83. The van der Waals surface area contributed by atoms with Gasteiger partial charge >= 0.3 is 0 Å². The minimum atomic E-state index is -0.128. The highest BCUT2D eigenvalue weighted by Gasteiger charge is 2.13. The van der Waals surface area contributed by atoms with Crippen LogP contribution < -0.4 is 5.32 Å². The number of hydrogen-bond acceptors (Lipinski definition) is 6. The second kappa shape index (κ2) is 9.65. The molecular weight excluding hydrogens is 414 g/mol. The van der Waals surface area contributed by atoms with Gasteiger partial charge < -0.3 is 9.73 Å². The second-order valence-electron chi connectivity index (χ2n) is 6.49. The van der Waals surface area contributed by atoms with Gasteiger partial charge in [0.15, 0.2) is 0 Å². The largest absolute Gasteiger partial charge is 0.411 e. The van der Waals surface area contributed by atoms with E-state index in [9.17, 15) is 4.79 Å². The maximum atomic E-state index is 12.5. The SMILES string of the molecule is Cc1cccc(-c2nnc(SCC(=O)Nc3ccccc3Sc3ccccc3)o2)c1. The zero-order chi connectivity index (χ0) is 20.8. The highest BCUT2D eigenvalue weighted by Crippen LogP contribution is 2.33. The lowest BCUT2D eigenvalue weighted by molar-refractivity contribution is -0.113. The van der Waals surface area contributed by atoms with Gasteiger partial charge in [-0.3, -0.25) is 4.79 Å². The number of benzene rings is 3. The Hall–Kier alpha value is -3.03. The molecule has 0 atom stereocenters. The first-order chi connectivity index (χ1) is 14.7. The van der Waals surface area contributed by atoms with Gasteiger partial charge in [0.25, 0.3) is 5.22 Å². The topological polar surface area (TPSA) is 68.0 Å². The summed E-state index contributed by atoms with van der Waals surface area (Å²) in [6.07, 6.45) is 0. The Morgan fingerprint density at radius 1 is 0.967 bits per heavy atom. The third-order valence-electron chi connectivity index (χ3n) is 4.13. The molecule has 1 amide bonds. The molecule has 4 rings (SSSR count). The van der Waals surface area contributed by atoms with E-state index in [0.29, 0.717) is 11.1 Å². The lowest BCUT2D eigenvalue weighted by atomic mass is 10.1. The van der Waals surface area contributed by atoms with Gasteiger partial charge in [-0.05, 0) is 43.3 Å². The number of nitrogens with one attached hydrogen (secondary N) is 1. The third-order valence-corrected chi connectivity index (χ3v) is 6.03. The van der Waals surface area contributed by atoms with E-state index in [1.54, 1.807) is 11.8 Å². The number of nitrogens with zero attached hydrogens (tertiary/aromatic N) is 2. The van der Waals surface area contributed by atoms with Crippen LogP contribution in [0.2, 0.25) is 0 Å². The molecule has 4 aromatic rings. The van der Waals surface area contributed by atoms with Crippen molar-refractivity contribution in [3.8, 4) is 11.5 Å². The molecule has 30 heavy (non-hydrogen) atoms. The van der Waals surface area contributed by atoms with Crippen LogP contribution in [0.25, 0.3) is 11.5 Å². The summed E-state index contributed by atoms with van der Waals surface area (Å²) in [4.78, 5) is 14.6. The van der Waals surface area contributed by atoms with E-state index in [-0.39, 0.29) is 11.7 Å². The zero-order valence-corrected chi connectivity index (χ0v) is 17.9. The minimum Gasteiger partial charge on any atom is -0.411 e. The molecule has 0 radical (unpaired) electrons. The lowest BCUT2D eigenvalue weighted by Crippen LogP contribution is -2.14. The summed E-state index contributed by atoms with van der Waals surface area (Å²) < 4.78 is 5.68.